The summed E-state index contributed by atoms with van der Waals surface area (Å²) in [7, 11) is -3.68. The van der Waals surface area contributed by atoms with E-state index >= 15 is 0 Å². The highest BCUT2D eigenvalue weighted by molar-refractivity contribution is 7.90. The summed E-state index contributed by atoms with van der Waals surface area (Å²) in [5, 5.41) is 7.46. The van der Waals surface area contributed by atoms with Crippen LogP contribution in [0.15, 0.2) is 72.1 Å². The third-order valence-electron chi connectivity index (χ3n) is 3.66. The molecule has 0 aliphatic rings. The highest BCUT2D eigenvalue weighted by Crippen LogP contribution is 2.29. The van der Waals surface area contributed by atoms with Crippen molar-refractivity contribution in [1.29, 1.82) is 0 Å². The molecule has 3 aromatic heterocycles. The zero-order valence-corrected chi connectivity index (χ0v) is 12.7. The van der Waals surface area contributed by atoms with Gasteiger partial charge in [-0.25, -0.2) is 17.4 Å². The monoisotopic (exact) mass is 324 g/mol. The molecule has 0 amide bonds. The van der Waals surface area contributed by atoms with Gasteiger partial charge in [0.05, 0.1) is 11.1 Å². The Morgan fingerprint density at radius 1 is 1.04 bits per heavy atom. The van der Waals surface area contributed by atoms with Crippen LogP contribution in [0.2, 0.25) is 0 Å². The predicted molar refractivity (Wildman–Crippen MR) is 86.3 cm³/mol. The lowest BCUT2D eigenvalue weighted by Gasteiger charge is -2.07. The highest BCUT2D eigenvalue weighted by atomic mass is 32.2. The van der Waals surface area contributed by atoms with Gasteiger partial charge in [0.15, 0.2) is 5.65 Å². The molecule has 6 nitrogen and oxygen atoms in total. The van der Waals surface area contributed by atoms with Crippen LogP contribution >= 0.6 is 0 Å². The molecule has 23 heavy (non-hydrogen) atoms. The van der Waals surface area contributed by atoms with Gasteiger partial charge < -0.3 is 0 Å². The summed E-state index contributed by atoms with van der Waals surface area (Å²) in [4.78, 5) is 4.49. The number of nitrogens with one attached hydrogen (secondary N) is 1. The Hall–Kier alpha value is -2.93. The Kier molecular flexibility index (Phi) is 3.02. The molecule has 7 heteroatoms. The molecular formula is C16H12N4O2S. The van der Waals surface area contributed by atoms with Gasteiger partial charge in [0.2, 0.25) is 0 Å². The number of aromatic amines is 1. The third-order valence-corrected chi connectivity index (χ3v) is 5.34. The number of fused-ring (bicyclic) bond motifs is 1. The second-order valence-corrected chi connectivity index (χ2v) is 6.83. The maximum Gasteiger partial charge on any atom is 0.269 e. The Balaban J connectivity index is 1.96. The van der Waals surface area contributed by atoms with E-state index < -0.39 is 10.0 Å². The fourth-order valence-corrected chi connectivity index (χ4v) is 3.89. The van der Waals surface area contributed by atoms with Crippen LogP contribution in [-0.2, 0) is 10.0 Å². The summed E-state index contributed by atoms with van der Waals surface area (Å²) in [6.45, 7) is 0. The summed E-state index contributed by atoms with van der Waals surface area (Å²) in [5.41, 5.74) is 2.16. The first kappa shape index (κ1) is 13.7. The molecule has 0 radical (unpaired) electrons. The van der Waals surface area contributed by atoms with Crippen LogP contribution in [0, 0.1) is 0 Å². The minimum Gasteiger partial charge on any atom is -0.285 e. The minimum absolute atomic E-state index is 0.230. The number of hydrogen-bond donors (Lipinski definition) is 1. The van der Waals surface area contributed by atoms with Crippen molar-refractivity contribution in [2.75, 3.05) is 0 Å². The minimum atomic E-state index is -3.68. The van der Waals surface area contributed by atoms with Crippen LogP contribution in [0.25, 0.3) is 22.2 Å². The molecule has 0 atom stereocenters. The SMILES string of the molecule is O=S(=O)(c1ccccc1)n1ccc2c(-c3cn[nH]c3)ccnc21. The Morgan fingerprint density at radius 3 is 2.61 bits per heavy atom. The van der Waals surface area contributed by atoms with E-state index in [1.165, 1.54) is 10.2 Å². The fourth-order valence-electron chi connectivity index (χ4n) is 2.56. The van der Waals surface area contributed by atoms with Crippen molar-refractivity contribution in [2.24, 2.45) is 0 Å². The van der Waals surface area contributed by atoms with E-state index in [2.05, 4.69) is 15.2 Å². The summed E-state index contributed by atoms with van der Waals surface area (Å²) in [6, 6.07) is 11.9. The second-order valence-electron chi connectivity index (χ2n) is 5.01. The number of rotatable bonds is 3. The first-order valence-corrected chi connectivity index (χ1v) is 8.38. The summed E-state index contributed by atoms with van der Waals surface area (Å²) in [5.74, 6) is 0. The molecule has 3 heterocycles. The van der Waals surface area contributed by atoms with Crippen molar-refractivity contribution in [3.63, 3.8) is 0 Å². The molecule has 0 bridgehead atoms. The quantitative estimate of drug-likeness (QED) is 0.628. The van der Waals surface area contributed by atoms with E-state index in [4.69, 9.17) is 0 Å². The topological polar surface area (TPSA) is 80.6 Å². The van der Waals surface area contributed by atoms with E-state index in [1.54, 1.807) is 55.0 Å². The molecule has 0 saturated carbocycles. The molecule has 4 aromatic rings. The maximum absolute atomic E-state index is 12.8. The summed E-state index contributed by atoms with van der Waals surface area (Å²) >= 11 is 0. The van der Waals surface area contributed by atoms with Crippen molar-refractivity contribution in [1.82, 2.24) is 19.2 Å². The van der Waals surface area contributed by atoms with E-state index in [-0.39, 0.29) is 4.90 Å². The Morgan fingerprint density at radius 2 is 1.87 bits per heavy atom. The van der Waals surface area contributed by atoms with Gasteiger partial charge in [-0.15, -0.1) is 0 Å². The Bertz CT molecular complexity index is 1070. The smallest absolute Gasteiger partial charge is 0.269 e. The van der Waals surface area contributed by atoms with Gasteiger partial charge in [-0.05, 0) is 29.8 Å². The van der Waals surface area contributed by atoms with Crippen LogP contribution in [0.3, 0.4) is 0 Å². The van der Waals surface area contributed by atoms with Crippen LogP contribution in [0.5, 0.6) is 0 Å². The molecule has 0 spiro atoms. The van der Waals surface area contributed by atoms with Gasteiger partial charge in [0, 0.05) is 29.5 Å². The van der Waals surface area contributed by atoms with Crippen molar-refractivity contribution in [3.8, 4) is 11.1 Å². The number of pyridine rings is 1. The lowest BCUT2D eigenvalue weighted by Crippen LogP contribution is -2.12. The van der Waals surface area contributed by atoms with Crippen LogP contribution in [0.1, 0.15) is 0 Å². The second kappa shape index (κ2) is 5.06. The number of nitrogens with zero attached hydrogens (tertiary/aromatic N) is 3. The largest absolute Gasteiger partial charge is 0.285 e. The predicted octanol–water partition coefficient (Wildman–Crippen LogP) is 2.66. The van der Waals surface area contributed by atoms with Crippen molar-refractivity contribution >= 4 is 21.1 Å². The van der Waals surface area contributed by atoms with Crippen LogP contribution in [0.4, 0.5) is 0 Å². The van der Waals surface area contributed by atoms with Crippen molar-refractivity contribution < 1.29 is 8.42 Å². The van der Waals surface area contributed by atoms with Gasteiger partial charge >= 0.3 is 0 Å². The highest BCUT2D eigenvalue weighted by Gasteiger charge is 2.20. The first-order chi connectivity index (χ1) is 11.2. The molecule has 114 valence electrons. The van der Waals surface area contributed by atoms with E-state index in [0.29, 0.717) is 5.65 Å². The molecule has 0 aliphatic carbocycles. The van der Waals surface area contributed by atoms with Crippen molar-refractivity contribution in [2.45, 2.75) is 4.90 Å². The fraction of sp³-hybridized carbons (Fsp3) is 0. The zero-order valence-electron chi connectivity index (χ0n) is 11.9. The standard InChI is InChI=1S/C16H12N4O2S/c21-23(22,13-4-2-1-3-5-13)20-9-7-15-14(6-8-17-16(15)20)12-10-18-19-11-12/h1-11H,(H,18,19). The lowest BCUT2D eigenvalue weighted by atomic mass is 10.1. The molecule has 0 aliphatic heterocycles. The van der Waals surface area contributed by atoms with E-state index in [9.17, 15) is 8.42 Å². The van der Waals surface area contributed by atoms with Gasteiger partial charge in [-0.1, -0.05) is 18.2 Å². The third kappa shape index (κ3) is 2.13. The average Bonchev–Trinajstić information content (AvgIpc) is 3.25. The van der Waals surface area contributed by atoms with E-state index in [0.717, 1.165) is 16.5 Å². The van der Waals surface area contributed by atoms with Gasteiger partial charge in [0.1, 0.15) is 0 Å². The van der Waals surface area contributed by atoms with E-state index in [1.807, 2.05) is 6.07 Å². The lowest BCUT2D eigenvalue weighted by molar-refractivity contribution is 0.589. The number of H-pyrrole nitrogens is 1. The van der Waals surface area contributed by atoms with Gasteiger partial charge in [-0.2, -0.15) is 5.10 Å². The molecule has 0 saturated heterocycles. The molecular weight excluding hydrogens is 312 g/mol. The average molecular weight is 324 g/mol. The Labute approximate surface area is 132 Å². The van der Waals surface area contributed by atoms with Gasteiger partial charge in [0.25, 0.3) is 10.0 Å². The van der Waals surface area contributed by atoms with Crippen molar-refractivity contribution in [3.05, 3.63) is 67.3 Å². The zero-order chi connectivity index (χ0) is 15.9. The summed E-state index contributed by atoms with van der Waals surface area (Å²) < 4.78 is 26.8. The molecule has 0 fully saturated rings. The number of aromatic nitrogens is 4. The molecule has 1 N–H and O–H groups in total. The number of hydrogen-bond acceptors (Lipinski definition) is 4. The van der Waals surface area contributed by atoms with Crippen LogP contribution < -0.4 is 0 Å². The molecule has 4 rings (SSSR count). The normalized spacial score (nSPS) is 11.8. The number of benzene rings is 1. The first-order valence-electron chi connectivity index (χ1n) is 6.94. The maximum atomic E-state index is 12.8. The summed E-state index contributed by atoms with van der Waals surface area (Å²) in [6.07, 6.45) is 6.58. The van der Waals surface area contributed by atoms with Crippen LogP contribution in [-0.4, -0.2) is 27.6 Å². The molecule has 1 aromatic carbocycles. The van der Waals surface area contributed by atoms with Gasteiger partial charge in [-0.3, -0.25) is 5.10 Å². The molecule has 0 unspecified atom stereocenters.